The highest BCUT2D eigenvalue weighted by atomic mass is 16.2. The Hall–Kier alpha value is -2.67. The number of carbonyl (C=O) groups excluding carboxylic acids is 1. The van der Waals surface area contributed by atoms with Crippen molar-refractivity contribution in [3.8, 4) is 0 Å². The largest absolute Gasteiger partial charge is 0.348 e. The summed E-state index contributed by atoms with van der Waals surface area (Å²) >= 11 is 0. The second-order valence-corrected chi connectivity index (χ2v) is 6.54. The van der Waals surface area contributed by atoms with Gasteiger partial charge in [-0.1, -0.05) is 24.3 Å². The number of aryl methyl sites for hydroxylation is 1. The number of nitrogens with zero attached hydrogens (tertiary/aromatic N) is 2. The minimum Gasteiger partial charge on any atom is -0.348 e. The van der Waals surface area contributed by atoms with E-state index in [1.54, 1.807) is 0 Å². The molecule has 7 nitrogen and oxygen atoms in total. The maximum Gasteiger partial charge on any atom is 0.328 e. The van der Waals surface area contributed by atoms with Crippen molar-refractivity contribution in [1.29, 1.82) is 0 Å². The molecule has 3 rings (SSSR count). The van der Waals surface area contributed by atoms with E-state index in [0.717, 1.165) is 19.5 Å². The molecule has 0 bridgehead atoms. The van der Waals surface area contributed by atoms with Crippen LogP contribution in [-0.2, 0) is 20.0 Å². The fourth-order valence-electron chi connectivity index (χ4n) is 3.17. The van der Waals surface area contributed by atoms with Crippen LogP contribution in [0.4, 0.5) is 0 Å². The van der Waals surface area contributed by atoms with Crippen LogP contribution in [-0.4, -0.2) is 39.5 Å². The number of aromatic nitrogens is 2. The van der Waals surface area contributed by atoms with E-state index in [1.165, 1.54) is 28.9 Å². The number of rotatable bonds is 4. The van der Waals surface area contributed by atoms with Crippen LogP contribution < -0.4 is 16.6 Å². The maximum absolute atomic E-state index is 12.3. The van der Waals surface area contributed by atoms with E-state index in [0.29, 0.717) is 6.54 Å². The number of hydrogen-bond donors (Lipinski definition) is 2. The lowest BCUT2D eigenvalue weighted by atomic mass is 10.00. The van der Waals surface area contributed by atoms with Gasteiger partial charge in [-0.05, 0) is 24.5 Å². The van der Waals surface area contributed by atoms with Gasteiger partial charge in [0, 0.05) is 38.9 Å². The number of nitrogens with one attached hydrogen (secondary N) is 2. The van der Waals surface area contributed by atoms with Crippen LogP contribution in [0.5, 0.6) is 0 Å². The molecule has 1 amide bonds. The van der Waals surface area contributed by atoms with Gasteiger partial charge in [0.1, 0.15) is 5.56 Å². The number of fused-ring (bicyclic) bond motifs is 1. The zero-order valence-electron chi connectivity index (χ0n) is 14.4. The lowest BCUT2D eigenvalue weighted by Crippen LogP contribution is -2.45. The third-order valence-electron chi connectivity index (χ3n) is 4.47. The second-order valence-electron chi connectivity index (χ2n) is 6.54. The van der Waals surface area contributed by atoms with Crippen LogP contribution in [0.1, 0.15) is 28.4 Å². The monoisotopic (exact) mass is 342 g/mol. The van der Waals surface area contributed by atoms with Crippen LogP contribution in [0.3, 0.4) is 0 Å². The van der Waals surface area contributed by atoms with Crippen LogP contribution in [0.2, 0.25) is 0 Å². The minimum atomic E-state index is -0.667. The van der Waals surface area contributed by atoms with Gasteiger partial charge in [0.25, 0.3) is 11.5 Å². The fraction of sp³-hybridized carbons (Fsp3) is 0.389. The molecule has 1 aromatic carbocycles. The first-order valence-corrected chi connectivity index (χ1v) is 8.34. The molecule has 1 atom stereocenters. The Morgan fingerprint density at radius 1 is 1.28 bits per heavy atom. The number of H-pyrrole nitrogens is 1. The quantitative estimate of drug-likeness (QED) is 0.834. The maximum atomic E-state index is 12.3. The molecule has 1 aromatic heterocycles. The van der Waals surface area contributed by atoms with E-state index < -0.39 is 17.2 Å². The van der Waals surface area contributed by atoms with Gasteiger partial charge in [0.2, 0.25) is 0 Å². The Balaban J connectivity index is 1.62. The van der Waals surface area contributed by atoms with Gasteiger partial charge in [0.15, 0.2) is 0 Å². The predicted octanol–water partition coefficient (Wildman–Crippen LogP) is 0.250. The van der Waals surface area contributed by atoms with E-state index in [-0.39, 0.29) is 11.6 Å². The molecule has 0 saturated carbocycles. The SMILES string of the molecule is C[C@@H](CN1CCc2ccccc2C1)NC(=O)c1cn(C)c(=O)[nH]c1=O. The number of aromatic amines is 1. The van der Waals surface area contributed by atoms with Crippen LogP contribution in [0.15, 0.2) is 40.1 Å². The summed E-state index contributed by atoms with van der Waals surface area (Å²) in [6, 6.07) is 8.27. The van der Waals surface area contributed by atoms with Gasteiger partial charge in [-0.2, -0.15) is 0 Å². The molecule has 0 unspecified atom stereocenters. The lowest BCUT2D eigenvalue weighted by molar-refractivity contribution is 0.0924. The Kier molecular flexibility index (Phi) is 4.85. The molecule has 2 aromatic rings. The van der Waals surface area contributed by atoms with Crippen molar-refractivity contribution in [1.82, 2.24) is 19.8 Å². The molecule has 132 valence electrons. The highest BCUT2D eigenvalue weighted by Gasteiger charge is 2.20. The van der Waals surface area contributed by atoms with E-state index in [2.05, 4.69) is 33.4 Å². The van der Waals surface area contributed by atoms with Crippen molar-refractivity contribution in [2.75, 3.05) is 13.1 Å². The Bertz CT molecular complexity index is 900. The van der Waals surface area contributed by atoms with Gasteiger partial charge >= 0.3 is 5.69 Å². The summed E-state index contributed by atoms with van der Waals surface area (Å²) in [6.07, 6.45) is 2.26. The number of amides is 1. The van der Waals surface area contributed by atoms with Crippen molar-refractivity contribution in [2.24, 2.45) is 7.05 Å². The second kappa shape index (κ2) is 7.06. The molecule has 0 radical (unpaired) electrons. The molecule has 0 fully saturated rings. The van der Waals surface area contributed by atoms with Crippen molar-refractivity contribution in [3.63, 3.8) is 0 Å². The fourth-order valence-corrected chi connectivity index (χ4v) is 3.17. The Labute approximate surface area is 145 Å². The van der Waals surface area contributed by atoms with E-state index >= 15 is 0 Å². The standard InChI is InChI=1S/C18H22N4O3/c1-12(9-22-8-7-13-5-3-4-6-14(13)10-22)19-16(23)15-11-21(2)18(25)20-17(15)24/h3-6,11-12H,7-10H2,1-2H3,(H,19,23)(H,20,24,25)/t12-/m0/s1. The summed E-state index contributed by atoms with van der Waals surface area (Å²) in [5.41, 5.74) is 1.44. The van der Waals surface area contributed by atoms with Gasteiger partial charge in [-0.15, -0.1) is 0 Å². The molecule has 25 heavy (non-hydrogen) atoms. The molecular weight excluding hydrogens is 320 g/mol. The number of benzene rings is 1. The highest BCUT2D eigenvalue weighted by Crippen LogP contribution is 2.18. The third-order valence-corrected chi connectivity index (χ3v) is 4.47. The van der Waals surface area contributed by atoms with Gasteiger partial charge in [-0.25, -0.2) is 4.79 Å². The molecule has 0 spiro atoms. The topological polar surface area (TPSA) is 87.2 Å². The summed E-state index contributed by atoms with van der Waals surface area (Å²) in [6.45, 7) is 4.41. The van der Waals surface area contributed by atoms with Gasteiger partial charge in [-0.3, -0.25) is 19.5 Å². The Morgan fingerprint density at radius 3 is 2.76 bits per heavy atom. The average Bonchev–Trinajstić information content (AvgIpc) is 2.57. The smallest absolute Gasteiger partial charge is 0.328 e. The highest BCUT2D eigenvalue weighted by molar-refractivity contribution is 5.93. The normalized spacial score (nSPS) is 15.4. The van der Waals surface area contributed by atoms with Crippen molar-refractivity contribution in [2.45, 2.75) is 25.9 Å². The molecule has 2 N–H and O–H groups in total. The van der Waals surface area contributed by atoms with Crippen LogP contribution in [0.25, 0.3) is 0 Å². The van der Waals surface area contributed by atoms with E-state index in [9.17, 15) is 14.4 Å². The van der Waals surface area contributed by atoms with Crippen molar-refractivity contribution >= 4 is 5.91 Å². The van der Waals surface area contributed by atoms with Crippen LogP contribution >= 0.6 is 0 Å². The summed E-state index contributed by atoms with van der Waals surface area (Å²) in [7, 11) is 1.49. The first-order valence-electron chi connectivity index (χ1n) is 8.34. The average molecular weight is 342 g/mol. The minimum absolute atomic E-state index is 0.0575. The molecule has 2 heterocycles. The molecule has 0 aliphatic carbocycles. The van der Waals surface area contributed by atoms with Gasteiger partial charge in [0.05, 0.1) is 0 Å². The lowest BCUT2D eigenvalue weighted by Gasteiger charge is -2.31. The first kappa shape index (κ1) is 17.2. The van der Waals surface area contributed by atoms with Crippen LogP contribution in [0, 0.1) is 0 Å². The predicted molar refractivity (Wildman–Crippen MR) is 94.7 cm³/mol. The summed E-state index contributed by atoms with van der Waals surface area (Å²) in [4.78, 5) is 39.9. The summed E-state index contributed by atoms with van der Waals surface area (Å²) in [5.74, 6) is -0.471. The number of carbonyl (C=O) groups is 1. The zero-order valence-corrected chi connectivity index (χ0v) is 14.4. The summed E-state index contributed by atoms with van der Waals surface area (Å²) < 4.78 is 1.18. The molecule has 1 aliphatic rings. The molecule has 1 aliphatic heterocycles. The zero-order chi connectivity index (χ0) is 18.0. The van der Waals surface area contributed by atoms with E-state index in [4.69, 9.17) is 0 Å². The Morgan fingerprint density at radius 2 is 2.00 bits per heavy atom. The van der Waals surface area contributed by atoms with E-state index in [1.807, 2.05) is 13.0 Å². The van der Waals surface area contributed by atoms with Crippen molar-refractivity contribution in [3.05, 3.63) is 68.0 Å². The van der Waals surface area contributed by atoms with Crippen molar-refractivity contribution < 1.29 is 4.79 Å². The summed E-state index contributed by atoms with van der Waals surface area (Å²) in [5, 5.41) is 2.84. The number of hydrogen-bond acceptors (Lipinski definition) is 4. The molecule has 0 saturated heterocycles. The third kappa shape index (κ3) is 3.88. The molecule has 7 heteroatoms. The van der Waals surface area contributed by atoms with Gasteiger partial charge < -0.3 is 9.88 Å². The molecular formula is C18H22N4O3. The first-order chi connectivity index (χ1) is 11.9.